The number of hydrogen-bond acceptors (Lipinski definition) is 4. The second-order valence-corrected chi connectivity index (χ2v) is 4.74. The second-order valence-electron chi connectivity index (χ2n) is 4.74. The first-order chi connectivity index (χ1) is 10.2. The number of pyridine rings is 1. The van der Waals surface area contributed by atoms with Crippen molar-refractivity contribution in [2.24, 2.45) is 0 Å². The Kier molecular flexibility index (Phi) is 3.20. The van der Waals surface area contributed by atoms with Crippen LogP contribution in [0.4, 0.5) is 0 Å². The number of nitriles is 1. The molecule has 0 aliphatic rings. The van der Waals surface area contributed by atoms with Gasteiger partial charge in [-0.1, -0.05) is 30.3 Å². The summed E-state index contributed by atoms with van der Waals surface area (Å²) in [4.78, 5) is 20.9. The number of aromatic nitrogens is 3. The summed E-state index contributed by atoms with van der Waals surface area (Å²) < 4.78 is 1.53. The van der Waals surface area contributed by atoms with Crippen LogP contribution in [0.2, 0.25) is 0 Å². The van der Waals surface area contributed by atoms with Gasteiger partial charge < -0.3 is 0 Å². The van der Waals surface area contributed by atoms with Gasteiger partial charge in [0.05, 0.1) is 6.54 Å². The van der Waals surface area contributed by atoms with E-state index in [1.807, 2.05) is 36.4 Å². The Hall–Kier alpha value is -3.00. The molecule has 0 atom stereocenters. The highest BCUT2D eigenvalue weighted by atomic mass is 16.1. The molecule has 0 saturated heterocycles. The summed E-state index contributed by atoms with van der Waals surface area (Å²) in [5.41, 5.74) is 1.31. The predicted octanol–water partition coefficient (Wildman–Crippen LogP) is 2.02. The molecule has 3 rings (SSSR count). The van der Waals surface area contributed by atoms with E-state index in [1.165, 1.54) is 4.57 Å². The van der Waals surface area contributed by atoms with Gasteiger partial charge >= 0.3 is 0 Å². The Morgan fingerprint density at radius 2 is 2.05 bits per heavy atom. The molecule has 1 aromatic carbocycles. The summed E-state index contributed by atoms with van der Waals surface area (Å²) >= 11 is 0. The fourth-order valence-corrected chi connectivity index (χ4v) is 2.24. The van der Waals surface area contributed by atoms with Gasteiger partial charge in [-0.15, -0.1) is 0 Å². The van der Waals surface area contributed by atoms with E-state index in [2.05, 4.69) is 9.97 Å². The van der Waals surface area contributed by atoms with Gasteiger partial charge in [-0.05, 0) is 18.6 Å². The Balaban J connectivity index is 2.28. The zero-order valence-corrected chi connectivity index (χ0v) is 11.4. The van der Waals surface area contributed by atoms with E-state index in [9.17, 15) is 4.79 Å². The number of rotatable bonds is 2. The predicted molar refractivity (Wildman–Crippen MR) is 78.8 cm³/mol. The van der Waals surface area contributed by atoms with Crippen LogP contribution in [0.15, 0.2) is 47.4 Å². The van der Waals surface area contributed by atoms with Crippen molar-refractivity contribution >= 4 is 11.0 Å². The van der Waals surface area contributed by atoms with Crippen molar-refractivity contribution in [2.45, 2.75) is 13.5 Å². The summed E-state index contributed by atoms with van der Waals surface area (Å²) in [7, 11) is 0. The van der Waals surface area contributed by atoms with Crippen LogP contribution in [0.1, 0.15) is 17.0 Å². The first-order valence-electron chi connectivity index (χ1n) is 6.50. The molecule has 5 heteroatoms. The number of aryl methyl sites for hydroxylation is 1. The summed E-state index contributed by atoms with van der Waals surface area (Å²) in [6.45, 7) is 2.15. The molecule has 0 aliphatic heterocycles. The average molecular weight is 276 g/mol. The summed E-state index contributed by atoms with van der Waals surface area (Å²) in [5, 5.41) is 9.81. The normalized spacial score (nSPS) is 10.5. The smallest absolute Gasteiger partial charge is 0.270 e. The standard InChI is InChI=1S/C16H12N4O/c1-11-18-9-14-7-13(8-17)16(21)20(15(14)19-11)10-12-5-3-2-4-6-12/h2-7,9H,10H2,1H3. The molecule has 5 nitrogen and oxygen atoms in total. The highest BCUT2D eigenvalue weighted by Gasteiger charge is 2.11. The van der Waals surface area contributed by atoms with Crippen LogP contribution in [0, 0.1) is 18.3 Å². The summed E-state index contributed by atoms with van der Waals surface area (Å²) in [5.74, 6) is 0.591. The maximum Gasteiger partial charge on any atom is 0.270 e. The van der Waals surface area contributed by atoms with Crippen LogP contribution in [0.3, 0.4) is 0 Å². The van der Waals surface area contributed by atoms with E-state index in [-0.39, 0.29) is 11.1 Å². The first kappa shape index (κ1) is 13.0. The van der Waals surface area contributed by atoms with Gasteiger partial charge in [0.25, 0.3) is 5.56 Å². The van der Waals surface area contributed by atoms with Gasteiger partial charge in [0.1, 0.15) is 23.1 Å². The van der Waals surface area contributed by atoms with Crippen LogP contribution in [-0.2, 0) is 6.54 Å². The molecule has 2 heterocycles. The molecule has 0 radical (unpaired) electrons. The van der Waals surface area contributed by atoms with Crippen LogP contribution in [0.25, 0.3) is 11.0 Å². The van der Waals surface area contributed by atoms with Crippen molar-refractivity contribution in [1.29, 1.82) is 5.26 Å². The van der Waals surface area contributed by atoms with Crippen molar-refractivity contribution in [3.8, 4) is 6.07 Å². The van der Waals surface area contributed by atoms with Crippen LogP contribution >= 0.6 is 0 Å². The lowest BCUT2D eigenvalue weighted by molar-refractivity contribution is 0.775. The third-order valence-corrected chi connectivity index (χ3v) is 3.25. The third-order valence-electron chi connectivity index (χ3n) is 3.25. The Morgan fingerprint density at radius 1 is 1.29 bits per heavy atom. The summed E-state index contributed by atoms with van der Waals surface area (Å²) in [6, 6.07) is 13.1. The van der Waals surface area contributed by atoms with Gasteiger partial charge in [0, 0.05) is 11.6 Å². The lowest BCUT2D eigenvalue weighted by Gasteiger charge is -2.10. The number of nitrogens with zero attached hydrogens (tertiary/aromatic N) is 4. The minimum Gasteiger partial charge on any atom is -0.287 e. The Morgan fingerprint density at radius 3 is 2.76 bits per heavy atom. The molecular formula is C16H12N4O. The highest BCUT2D eigenvalue weighted by molar-refractivity contribution is 5.75. The number of fused-ring (bicyclic) bond motifs is 1. The molecule has 0 fully saturated rings. The molecule has 0 unspecified atom stereocenters. The second kappa shape index (κ2) is 5.17. The van der Waals surface area contributed by atoms with Crippen molar-refractivity contribution < 1.29 is 0 Å². The van der Waals surface area contributed by atoms with Crippen LogP contribution in [0.5, 0.6) is 0 Å². The molecule has 0 amide bonds. The zero-order chi connectivity index (χ0) is 14.8. The van der Waals surface area contributed by atoms with Crippen molar-refractivity contribution in [2.75, 3.05) is 0 Å². The topological polar surface area (TPSA) is 71.6 Å². The zero-order valence-electron chi connectivity index (χ0n) is 11.4. The van der Waals surface area contributed by atoms with E-state index in [0.717, 1.165) is 5.56 Å². The third kappa shape index (κ3) is 2.39. The fraction of sp³-hybridized carbons (Fsp3) is 0.125. The van der Waals surface area contributed by atoms with E-state index in [1.54, 1.807) is 19.2 Å². The molecular weight excluding hydrogens is 264 g/mol. The Labute approximate surface area is 121 Å². The Bertz CT molecular complexity index is 907. The minimum absolute atomic E-state index is 0.103. The highest BCUT2D eigenvalue weighted by Crippen LogP contribution is 2.12. The number of benzene rings is 1. The number of hydrogen-bond donors (Lipinski definition) is 0. The SMILES string of the molecule is Cc1ncc2cc(C#N)c(=O)n(Cc3ccccc3)c2n1. The van der Waals surface area contributed by atoms with Crippen molar-refractivity contribution in [1.82, 2.24) is 14.5 Å². The largest absolute Gasteiger partial charge is 0.287 e. The molecule has 0 aliphatic carbocycles. The first-order valence-corrected chi connectivity index (χ1v) is 6.50. The maximum absolute atomic E-state index is 12.4. The van der Waals surface area contributed by atoms with E-state index >= 15 is 0 Å². The van der Waals surface area contributed by atoms with Gasteiger partial charge in [-0.3, -0.25) is 9.36 Å². The minimum atomic E-state index is -0.327. The molecule has 2 aromatic heterocycles. The molecule has 3 aromatic rings. The van der Waals surface area contributed by atoms with E-state index in [4.69, 9.17) is 5.26 Å². The molecule has 0 saturated carbocycles. The molecule has 0 N–H and O–H groups in total. The van der Waals surface area contributed by atoms with Gasteiger partial charge in [0.2, 0.25) is 0 Å². The molecule has 102 valence electrons. The van der Waals surface area contributed by atoms with Crippen molar-refractivity contribution in [3.63, 3.8) is 0 Å². The maximum atomic E-state index is 12.4. The fourth-order valence-electron chi connectivity index (χ4n) is 2.24. The van der Waals surface area contributed by atoms with E-state index < -0.39 is 0 Å². The lowest BCUT2D eigenvalue weighted by atomic mass is 10.2. The molecule has 0 bridgehead atoms. The monoisotopic (exact) mass is 276 g/mol. The summed E-state index contributed by atoms with van der Waals surface area (Å²) in [6.07, 6.45) is 1.64. The van der Waals surface area contributed by atoms with Gasteiger partial charge in [-0.2, -0.15) is 5.26 Å². The molecule has 21 heavy (non-hydrogen) atoms. The van der Waals surface area contributed by atoms with Gasteiger partial charge in [-0.25, -0.2) is 9.97 Å². The quantitative estimate of drug-likeness (QED) is 0.718. The van der Waals surface area contributed by atoms with Crippen LogP contribution < -0.4 is 5.56 Å². The van der Waals surface area contributed by atoms with Gasteiger partial charge in [0.15, 0.2) is 0 Å². The average Bonchev–Trinajstić information content (AvgIpc) is 2.51. The lowest BCUT2D eigenvalue weighted by Crippen LogP contribution is -2.24. The van der Waals surface area contributed by atoms with Crippen molar-refractivity contribution in [3.05, 3.63) is 69.9 Å². The van der Waals surface area contributed by atoms with Crippen LogP contribution in [-0.4, -0.2) is 14.5 Å². The molecule has 0 spiro atoms. The van der Waals surface area contributed by atoms with E-state index in [0.29, 0.717) is 23.4 Å².